The average Bonchev–Trinajstić information content (AvgIpc) is 2.28. The van der Waals surface area contributed by atoms with Crippen LogP contribution >= 0.6 is 0 Å². The molecule has 0 spiro atoms. The molecule has 1 aliphatic heterocycles. The minimum Gasteiger partial charge on any atom is -0.389 e. The molecular formula is C7H15NO3. The maximum absolute atomic E-state index is 9.13. The summed E-state index contributed by atoms with van der Waals surface area (Å²) in [4.78, 5) is 1.98. The molecule has 0 radical (unpaired) electrons. The standard InChI is InChI=1S/C7H15NO3/c1-11-3-2-8-4-6(9)7(10)5-8/h6-7,9-10H,2-5H2,1H3. The van der Waals surface area contributed by atoms with Crippen LogP contribution in [0.15, 0.2) is 0 Å². The zero-order valence-corrected chi connectivity index (χ0v) is 6.73. The van der Waals surface area contributed by atoms with Gasteiger partial charge in [0.1, 0.15) is 0 Å². The smallest absolute Gasteiger partial charge is 0.0938 e. The molecule has 0 aliphatic carbocycles. The molecule has 1 heterocycles. The summed E-state index contributed by atoms with van der Waals surface area (Å²) < 4.78 is 4.87. The predicted octanol–water partition coefficient (Wildman–Crippen LogP) is -1.33. The van der Waals surface area contributed by atoms with E-state index in [4.69, 9.17) is 14.9 Å². The van der Waals surface area contributed by atoms with Crippen LogP contribution in [0.4, 0.5) is 0 Å². The van der Waals surface area contributed by atoms with Gasteiger partial charge in [-0.1, -0.05) is 0 Å². The molecule has 2 atom stereocenters. The Morgan fingerprint density at radius 3 is 2.36 bits per heavy atom. The van der Waals surface area contributed by atoms with E-state index >= 15 is 0 Å². The molecule has 11 heavy (non-hydrogen) atoms. The molecule has 1 fully saturated rings. The maximum atomic E-state index is 9.13. The molecule has 4 heteroatoms. The van der Waals surface area contributed by atoms with Gasteiger partial charge in [0.15, 0.2) is 0 Å². The molecule has 0 aromatic heterocycles. The molecule has 1 aliphatic rings. The van der Waals surface area contributed by atoms with Crippen molar-refractivity contribution in [3.8, 4) is 0 Å². The number of rotatable bonds is 3. The van der Waals surface area contributed by atoms with E-state index in [9.17, 15) is 0 Å². The summed E-state index contributed by atoms with van der Waals surface area (Å²) in [5, 5.41) is 18.3. The second-order valence-corrected chi connectivity index (χ2v) is 2.89. The Labute approximate surface area is 66.4 Å². The third-order valence-electron chi connectivity index (χ3n) is 1.95. The molecule has 0 aromatic carbocycles. The number of hydrogen-bond donors (Lipinski definition) is 2. The Morgan fingerprint density at radius 1 is 1.36 bits per heavy atom. The molecule has 1 rings (SSSR count). The van der Waals surface area contributed by atoms with Crippen LogP contribution in [0, 0.1) is 0 Å². The number of β-amino-alcohol motifs (C(OH)–C–C–N with tert-alkyl or cyclic N) is 2. The van der Waals surface area contributed by atoms with E-state index in [1.165, 1.54) is 0 Å². The fourth-order valence-corrected chi connectivity index (χ4v) is 1.25. The van der Waals surface area contributed by atoms with Crippen LogP contribution in [0.3, 0.4) is 0 Å². The van der Waals surface area contributed by atoms with Crippen LogP contribution in [0.25, 0.3) is 0 Å². The summed E-state index contributed by atoms with van der Waals surface area (Å²) in [6.07, 6.45) is -1.15. The first kappa shape index (κ1) is 8.93. The van der Waals surface area contributed by atoms with Crippen LogP contribution in [-0.2, 0) is 4.74 Å². The summed E-state index contributed by atoms with van der Waals surface area (Å²) >= 11 is 0. The van der Waals surface area contributed by atoms with Crippen molar-refractivity contribution >= 4 is 0 Å². The van der Waals surface area contributed by atoms with E-state index in [1.54, 1.807) is 7.11 Å². The normalized spacial score (nSPS) is 33.0. The van der Waals surface area contributed by atoms with Crippen LogP contribution < -0.4 is 0 Å². The lowest BCUT2D eigenvalue weighted by Crippen LogP contribution is -2.25. The second kappa shape index (κ2) is 4.01. The van der Waals surface area contributed by atoms with Crippen molar-refractivity contribution in [1.82, 2.24) is 4.90 Å². The third kappa shape index (κ3) is 2.41. The summed E-state index contributed by atoms with van der Waals surface area (Å²) in [6.45, 7) is 2.55. The molecule has 1 saturated heterocycles. The Bertz CT molecular complexity index is 110. The fourth-order valence-electron chi connectivity index (χ4n) is 1.25. The fraction of sp³-hybridized carbons (Fsp3) is 1.00. The van der Waals surface area contributed by atoms with Gasteiger partial charge < -0.3 is 14.9 Å². The minimum absolute atomic E-state index is 0.560. The maximum Gasteiger partial charge on any atom is 0.0938 e. The molecule has 4 nitrogen and oxygen atoms in total. The molecule has 0 aromatic rings. The monoisotopic (exact) mass is 161 g/mol. The molecule has 0 bridgehead atoms. The number of methoxy groups -OCH3 is 1. The Morgan fingerprint density at radius 2 is 1.91 bits per heavy atom. The molecule has 2 N–H and O–H groups in total. The lowest BCUT2D eigenvalue weighted by Gasteiger charge is -2.12. The number of aliphatic hydroxyl groups is 2. The van der Waals surface area contributed by atoms with Crippen molar-refractivity contribution < 1.29 is 14.9 Å². The average molecular weight is 161 g/mol. The zero-order valence-electron chi connectivity index (χ0n) is 6.73. The Hall–Kier alpha value is -0.160. The van der Waals surface area contributed by atoms with E-state index in [0.717, 1.165) is 6.54 Å². The topological polar surface area (TPSA) is 52.9 Å². The van der Waals surface area contributed by atoms with Crippen molar-refractivity contribution in [2.75, 3.05) is 33.4 Å². The third-order valence-corrected chi connectivity index (χ3v) is 1.95. The summed E-state index contributed by atoms with van der Waals surface area (Å²) in [5.41, 5.74) is 0. The minimum atomic E-state index is -0.577. The van der Waals surface area contributed by atoms with E-state index in [0.29, 0.717) is 19.7 Å². The first-order valence-corrected chi connectivity index (χ1v) is 3.81. The van der Waals surface area contributed by atoms with Crippen LogP contribution in [0.2, 0.25) is 0 Å². The summed E-state index contributed by atoms with van der Waals surface area (Å²) in [5.74, 6) is 0. The highest BCUT2D eigenvalue weighted by atomic mass is 16.5. The van der Waals surface area contributed by atoms with Gasteiger partial charge in [0.05, 0.1) is 18.8 Å². The highest BCUT2D eigenvalue weighted by molar-refractivity contribution is 4.82. The van der Waals surface area contributed by atoms with Crippen LogP contribution in [0.1, 0.15) is 0 Å². The van der Waals surface area contributed by atoms with E-state index < -0.39 is 12.2 Å². The second-order valence-electron chi connectivity index (χ2n) is 2.89. The van der Waals surface area contributed by atoms with Crippen LogP contribution in [-0.4, -0.2) is 60.7 Å². The van der Waals surface area contributed by atoms with Crippen LogP contribution in [0.5, 0.6) is 0 Å². The zero-order chi connectivity index (χ0) is 8.27. The lowest BCUT2D eigenvalue weighted by molar-refractivity contribution is 0.0572. The number of nitrogens with zero attached hydrogens (tertiary/aromatic N) is 1. The number of ether oxygens (including phenoxy) is 1. The summed E-state index contributed by atoms with van der Waals surface area (Å²) in [7, 11) is 1.64. The number of aliphatic hydroxyl groups excluding tert-OH is 2. The molecule has 0 saturated carbocycles. The highest BCUT2D eigenvalue weighted by Gasteiger charge is 2.28. The molecule has 2 unspecified atom stereocenters. The largest absolute Gasteiger partial charge is 0.389 e. The first-order chi connectivity index (χ1) is 5.24. The first-order valence-electron chi connectivity index (χ1n) is 3.81. The van der Waals surface area contributed by atoms with Gasteiger partial charge >= 0.3 is 0 Å². The van der Waals surface area contributed by atoms with Crippen molar-refractivity contribution in [3.05, 3.63) is 0 Å². The van der Waals surface area contributed by atoms with Gasteiger partial charge in [-0.15, -0.1) is 0 Å². The quantitative estimate of drug-likeness (QED) is 0.538. The van der Waals surface area contributed by atoms with E-state index in [1.807, 2.05) is 4.90 Å². The number of likely N-dealkylation sites (tertiary alicyclic amines) is 1. The van der Waals surface area contributed by atoms with E-state index in [-0.39, 0.29) is 0 Å². The van der Waals surface area contributed by atoms with Crippen molar-refractivity contribution in [3.63, 3.8) is 0 Å². The summed E-state index contributed by atoms with van der Waals surface area (Å²) in [6, 6.07) is 0. The SMILES string of the molecule is COCCN1CC(O)C(O)C1. The Kier molecular flexibility index (Phi) is 3.26. The van der Waals surface area contributed by atoms with Gasteiger partial charge in [-0.2, -0.15) is 0 Å². The van der Waals surface area contributed by atoms with Gasteiger partial charge in [0, 0.05) is 26.7 Å². The molecule has 0 amide bonds. The lowest BCUT2D eigenvalue weighted by atomic mass is 10.3. The van der Waals surface area contributed by atoms with Gasteiger partial charge in [0.25, 0.3) is 0 Å². The molecular weight excluding hydrogens is 146 g/mol. The predicted molar refractivity (Wildman–Crippen MR) is 40.3 cm³/mol. The van der Waals surface area contributed by atoms with Crippen molar-refractivity contribution in [1.29, 1.82) is 0 Å². The van der Waals surface area contributed by atoms with Gasteiger partial charge in [-0.25, -0.2) is 0 Å². The van der Waals surface area contributed by atoms with Gasteiger partial charge in [0.2, 0.25) is 0 Å². The number of hydrogen-bond acceptors (Lipinski definition) is 4. The van der Waals surface area contributed by atoms with Crippen molar-refractivity contribution in [2.24, 2.45) is 0 Å². The molecule has 66 valence electrons. The van der Waals surface area contributed by atoms with Gasteiger partial charge in [-0.05, 0) is 0 Å². The van der Waals surface area contributed by atoms with E-state index in [2.05, 4.69) is 0 Å². The highest BCUT2D eigenvalue weighted by Crippen LogP contribution is 2.08. The van der Waals surface area contributed by atoms with Crippen molar-refractivity contribution in [2.45, 2.75) is 12.2 Å². The van der Waals surface area contributed by atoms with Gasteiger partial charge in [-0.3, -0.25) is 4.90 Å². The Balaban J connectivity index is 2.18.